The zero-order chi connectivity index (χ0) is 19.8. The van der Waals surface area contributed by atoms with E-state index >= 15 is 0 Å². The summed E-state index contributed by atoms with van der Waals surface area (Å²) in [5.41, 5.74) is 1.30. The van der Waals surface area contributed by atoms with Crippen LogP contribution in [0.1, 0.15) is 55.7 Å². The average Bonchev–Trinajstić information content (AvgIpc) is 3.37. The minimum Gasteiger partial charge on any atom is -0.341 e. The fourth-order valence-corrected chi connectivity index (χ4v) is 5.75. The lowest BCUT2D eigenvalue weighted by molar-refractivity contribution is -0.137. The molecule has 7 heteroatoms. The van der Waals surface area contributed by atoms with Crippen LogP contribution in [0, 0.1) is 0 Å². The van der Waals surface area contributed by atoms with Crippen LogP contribution in [0.3, 0.4) is 0 Å². The highest BCUT2D eigenvalue weighted by atomic mass is 32.2. The summed E-state index contributed by atoms with van der Waals surface area (Å²) >= 11 is 0. The number of sulfone groups is 1. The second kappa shape index (κ2) is 7.35. The molecule has 2 heterocycles. The van der Waals surface area contributed by atoms with Crippen LogP contribution in [0.15, 0.2) is 41.4 Å². The molecule has 1 unspecified atom stereocenters. The third-order valence-electron chi connectivity index (χ3n) is 6.36. The summed E-state index contributed by atoms with van der Waals surface area (Å²) in [5, 5.41) is 6.81. The Morgan fingerprint density at radius 1 is 1.18 bits per heavy atom. The summed E-state index contributed by atoms with van der Waals surface area (Å²) in [5.74, 6) is 0.175. The number of rotatable bonds is 4. The first kappa shape index (κ1) is 19.2. The van der Waals surface area contributed by atoms with Crippen molar-refractivity contribution in [2.24, 2.45) is 0 Å². The maximum Gasteiger partial charge on any atom is 0.233 e. The maximum atomic E-state index is 13.7. The standard InChI is InChI=1S/C21H27N3O3S/c1-28(26,27)18-14-22-23-19(18)16-10-13-24(15-16)20(25)21(11-6-3-7-12-21)17-8-4-2-5-9-17/h2,4-5,8-9,14,16H,3,6-7,10-13,15H2,1H3,(H,22,23). The summed E-state index contributed by atoms with van der Waals surface area (Å²) in [6.07, 6.45) is 8.41. The Labute approximate surface area is 166 Å². The number of H-pyrrole nitrogens is 1. The number of nitrogens with zero attached hydrogens (tertiary/aromatic N) is 2. The smallest absolute Gasteiger partial charge is 0.233 e. The van der Waals surface area contributed by atoms with E-state index < -0.39 is 15.3 Å². The Morgan fingerprint density at radius 3 is 2.57 bits per heavy atom. The Hall–Kier alpha value is -2.15. The number of amides is 1. The topological polar surface area (TPSA) is 83.1 Å². The molecule has 1 saturated carbocycles. The van der Waals surface area contributed by atoms with E-state index in [1.807, 2.05) is 23.1 Å². The highest BCUT2D eigenvalue weighted by molar-refractivity contribution is 7.90. The molecular weight excluding hydrogens is 374 g/mol. The first-order valence-electron chi connectivity index (χ1n) is 10.00. The zero-order valence-electron chi connectivity index (χ0n) is 16.2. The molecule has 1 aromatic carbocycles. The first-order valence-corrected chi connectivity index (χ1v) is 11.9. The predicted octanol–water partition coefficient (Wildman–Crippen LogP) is 3.03. The van der Waals surface area contributed by atoms with Gasteiger partial charge in [0.25, 0.3) is 0 Å². The van der Waals surface area contributed by atoms with E-state index in [1.165, 1.54) is 18.9 Å². The second-order valence-corrected chi connectivity index (χ2v) is 10.1. The molecule has 1 amide bonds. The summed E-state index contributed by atoms with van der Waals surface area (Å²) in [6.45, 7) is 1.19. The van der Waals surface area contributed by atoms with Crippen molar-refractivity contribution >= 4 is 15.7 Å². The molecule has 150 valence electrons. The van der Waals surface area contributed by atoms with Gasteiger partial charge in [-0.15, -0.1) is 0 Å². The van der Waals surface area contributed by atoms with Crippen LogP contribution in [0.5, 0.6) is 0 Å². The normalized spacial score (nSPS) is 22.3. The maximum absolute atomic E-state index is 13.7. The molecule has 6 nitrogen and oxygen atoms in total. The summed E-state index contributed by atoms with van der Waals surface area (Å²) in [7, 11) is -3.34. The molecule has 0 bridgehead atoms. The van der Waals surface area contributed by atoms with Crippen molar-refractivity contribution in [3.05, 3.63) is 47.8 Å². The fraction of sp³-hybridized carbons (Fsp3) is 0.524. The summed E-state index contributed by atoms with van der Waals surface area (Å²) < 4.78 is 24.1. The molecule has 1 aliphatic carbocycles. The SMILES string of the molecule is CS(=O)(=O)c1cn[nH]c1C1CCN(C(=O)C2(c3ccccc3)CCCCC2)C1. The third kappa shape index (κ3) is 3.36. The van der Waals surface area contributed by atoms with Crippen molar-refractivity contribution in [1.29, 1.82) is 0 Å². The number of aromatic amines is 1. The van der Waals surface area contributed by atoms with Crippen LogP contribution in [0.4, 0.5) is 0 Å². The third-order valence-corrected chi connectivity index (χ3v) is 7.48. The van der Waals surface area contributed by atoms with Gasteiger partial charge in [0.05, 0.1) is 17.3 Å². The van der Waals surface area contributed by atoms with Crippen LogP contribution >= 0.6 is 0 Å². The molecule has 28 heavy (non-hydrogen) atoms. The van der Waals surface area contributed by atoms with Gasteiger partial charge < -0.3 is 4.90 Å². The zero-order valence-corrected chi connectivity index (χ0v) is 17.0. The van der Waals surface area contributed by atoms with Crippen molar-refractivity contribution in [1.82, 2.24) is 15.1 Å². The van der Waals surface area contributed by atoms with Gasteiger partial charge in [-0.05, 0) is 24.8 Å². The Morgan fingerprint density at radius 2 is 1.89 bits per heavy atom. The van der Waals surface area contributed by atoms with Gasteiger partial charge in [0.2, 0.25) is 5.91 Å². The van der Waals surface area contributed by atoms with Crippen molar-refractivity contribution in [3.63, 3.8) is 0 Å². The number of benzene rings is 1. The lowest BCUT2D eigenvalue weighted by Gasteiger charge is -2.39. The number of likely N-dealkylation sites (tertiary alicyclic amines) is 1. The Balaban J connectivity index is 1.59. The van der Waals surface area contributed by atoms with Crippen molar-refractivity contribution in [3.8, 4) is 0 Å². The van der Waals surface area contributed by atoms with E-state index in [1.54, 1.807) is 0 Å². The summed E-state index contributed by atoms with van der Waals surface area (Å²) in [6, 6.07) is 10.2. The van der Waals surface area contributed by atoms with Gasteiger partial charge in [-0.1, -0.05) is 49.6 Å². The number of nitrogens with one attached hydrogen (secondary N) is 1. The number of aromatic nitrogens is 2. The molecule has 1 atom stereocenters. The van der Waals surface area contributed by atoms with Crippen LogP contribution in [0.25, 0.3) is 0 Å². The van der Waals surface area contributed by atoms with Crippen LogP contribution in [0.2, 0.25) is 0 Å². The van der Waals surface area contributed by atoms with Crippen LogP contribution in [-0.2, 0) is 20.0 Å². The molecule has 2 aliphatic rings. The van der Waals surface area contributed by atoms with Crippen molar-refractivity contribution < 1.29 is 13.2 Å². The lowest BCUT2D eigenvalue weighted by Crippen LogP contribution is -2.47. The molecule has 4 rings (SSSR count). The first-order chi connectivity index (χ1) is 13.4. The molecule has 1 saturated heterocycles. The van der Waals surface area contributed by atoms with Gasteiger partial charge in [-0.3, -0.25) is 9.89 Å². The minimum atomic E-state index is -3.34. The van der Waals surface area contributed by atoms with Crippen molar-refractivity contribution in [2.45, 2.75) is 54.8 Å². The minimum absolute atomic E-state index is 0.0208. The summed E-state index contributed by atoms with van der Waals surface area (Å²) in [4.78, 5) is 15.9. The molecular formula is C21H27N3O3S. The second-order valence-electron chi connectivity index (χ2n) is 8.17. The van der Waals surface area contributed by atoms with E-state index in [2.05, 4.69) is 22.3 Å². The van der Waals surface area contributed by atoms with E-state index in [9.17, 15) is 13.2 Å². The van der Waals surface area contributed by atoms with Crippen molar-refractivity contribution in [2.75, 3.05) is 19.3 Å². The molecule has 2 fully saturated rings. The van der Waals surface area contributed by atoms with E-state index in [-0.39, 0.29) is 16.7 Å². The number of carbonyl (C=O) groups is 1. The quantitative estimate of drug-likeness (QED) is 0.854. The van der Waals surface area contributed by atoms with E-state index in [0.717, 1.165) is 37.7 Å². The number of carbonyl (C=O) groups excluding carboxylic acids is 1. The number of hydrogen-bond donors (Lipinski definition) is 1. The number of hydrogen-bond acceptors (Lipinski definition) is 4. The molecule has 2 aromatic rings. The van der Waals surface area contributed by atoms with Gasteiger partial charge in [0.1, 0.15) is 4.90 Å². The molecule has 0 radical (unpaired) electrons. The van der Waals surface area contributed by atoms with Gasteiger partial charge in [0.15, 0.2) is 9.84 Å². The largest absolute Gasteiger partial charge is 0.341 e. The molecule has 1 aromatic heterocycles. The lowest BCUT2D eigenvalue weighted by atomic mass is 9.68. The van der Waals surface area contributed by atoms with Gasteiger partial charge in [-0.2, -0.15) is 5.10 Å². The highest BCUT2D eigenvalue weighted by Gasteiger charge is 2.45. The Bertz CT molecular complexity index is 946. The average molecular weight is 402 g/mol. The van der Waals surface area contributed by atoms with Gasteiger partial charge in [-0.25, -0.2) is 8.42 Å². The van der Waals surface area contributed by atoms with E-state index in [4.69, 9.17) is 0 Å². The molecule has 1 aliphatic heterocycles. The van der Waals surface area contributed by atoms with E-state index in [0.29, 0.717) is 18.8 Å². The monoisotopic (exact) mass is 401 g/mol. The van der Waals surface area contributed by atoms with Crippen LogP contribution in [-0.4, -0.2) is 48.8 Å². The fourth-order valence-electron chi connectivity index (χ4n) is 4.89. The van der Waals surface area contributed by atoms with Crippen LogP contribution < -0.4 is 0 Å². The Kier molecular flexibility index (Phi) is 5.04. The molecule has 0 spiro atoms. The van der Waals surface area contributed by atoms with Gasteiger partial charge in [0, 0.05) is 25.3 Å². The van der Waals surface area contributed by atoms with Gasteiger partial charge >= 0.3 is 0 Å². The predicted molar refractivity (Wildman–Crippen MR) is 107 cm³/mol. The molecule has 1 N–H and O–H groups in total. The highest BCUT2D eigenvalue weighted by Crippen LogP contribution is 2.42.